The van der Waals surface area contributed by atoms with Crippen molar-refractivity contribution < 1.29 is 14.3 Å². The summed E-state index contributed by atoms with van der Waals surface area (Å²) in [5, 5.41) is 3.03. The van der Waals surface area contributed by atoms with Crippen LogP contribution in [0.25, 0.3) is 0 Å². The maximum Gasteiger partial charge on any atom is 0.234 e. The molecule has 5 heteroatoms. The molecule has 25 heavy (non-hydrogen) atoms. The van der Waals surface area contributed by atoms with Crippen molar-refractivity contribution in [1.29, 1.82) is 0 Å². The minimum absolute atomic E-state index is 0.101. The molecule has 0 unspecified atom stereocenters. The van der Waals surface area contributed by atoms with E-state index in [0.29, 0.717) is 24.6 Å². The van der Waals surface area contributed by atoms with Crippen LogP contribution in [0, 0.1) is 11.8 Å². The molecule has 1 aromatic carbocycles. The Morgan fingerprint density at radius 3 is 2.64 bits per heavy atom. The molecule has 5 nitrogen and oxygen atoms in total. The van der Waals surface area contributed by atoms with Gasteiger partial charge in [0.05, 0.1) is 20.8 Å². The van der Waals surface area contributed by atoms with Gasteiger partial charge in [-0.15, -0.1) is 0 Å². The minimum Gasteiger partial charge on any atom is -0.493 e. The van der Waals surface area contributed by atoms with Crippen molar-refractivity contribution in [2.75, 3.05) is 33.9 Å². The number of ether oxygens (including phenoxy) is 2. The summed E-state index contributed by atoms with van der Waals surface area (Å²) in [6, 6.07) is 5.73. The lowest BCUT2D eigenvalue weighted by Gasteiger charge is -2.41. The third-order valence-electron chi connectivity index (χ3n) is 5.68. The monoisotopic (exact) mass is 346 g/mol. The Hall–Kier alpha value is -1.75. The Morgan fingerprint density at radius 2 is 1.88 bits per heavy atom. The van der Waals surface area contributed by atoms with Crippen LogP contribution >= 0.6 is 0 Å². The first-order valence-corrected chi connectivity index (χ1v) is 9.39. The van der Waals surface area contributed by atoms with Crippen LogP contribution in [0.3, 0.4) is 0 Å². The van der Waals surface area contributed by atoms with Crippen LogP contribution in [-0.2, 0) is 11.3 Å². The first-order chi connectivity index (χ1) is 12.2. The summed E-state index contributed by atoms with van der Waals surface area (Å²) in [4.78, 5) is 14.6. The molecule has 0 bridgehead atoms. The molecule has 1 aliphatic carbocycles. The highest BCUT2D eigenvalue weighted by Crippen LogP contribution is 2.35. The fourth-order valence-electron chi connectivity index (χ4n) is 4.27. The van der Waals surface area contributed by atoms with Crippen molar-refractivity contribution in [3.05, 3.63) is 23.8 Å². The summed E-state index contributed by atoms with van der Waals surface area (Å²) in [5.41, 5.74) is 1.01. The fourth-order valence-corrected chi connectivity index (χ4v) is 4.27. The highest BCUT2D eigenvalue weighted by atomic mass is 16.5. The first kappa shape index (κ1) is 18.1. The number of rotatable bonds is 6. The Kier molecular flexibility index (Phi) is 6.19. The average Bonchev–Trinajstić information content (AvgIpc) is 2.66. The summed E-state index contributed by atoms with van der Waals surface area (Å²) in [6.07, 6.45) is 6.75. The average molecular weight is 346 g/mol. The maximum absolute atomic E-state index is 12.3. The molecule has 0 aromatic heterocycles. The molecule has 1 aliphatic heterocycles. The summed E-state index contributed by atoms with van der Waals surface area (Å²) >= 11 is 0. The molecule has 2 aliphatic rings. The van der Waals surface area contributed by atoms with Gasteiger partial charge >= 0.3 is 0 Å². The molecule has 0 radical (unpaired) electrons. The first-order valence-electron chi connectivity index (χ1n) is 9.39. The van der Waals surface area contributed by atoms with Gasteiger partial charge in [0.15, 0.2) is 11.5 Å². The van der Waals surface area contributed by atoms with Crippen LogP contribution in [0.5, 0.6) is 11.5 Å². The van der Waals surface area contributed by atoms with E-state index < -0.39 is 0 Å². The zero-order chi connectivity index (χ0) is 17.6. The van der Waals surface area contributed by atoms with Crippen LogP contribution in [0.4, 0.5) is 0 Å². The molecule has 1 saturated carbocycles. The maximum atomic E-state index is 12.3. The Labute approximate surface area is 150 Å². The van der Waals surface area contributed by atoms with Gasteiger partial charge in [0.25, 0.3) is 0 Å². The number of nitrogens with zero attached hydrogens (tertiary/aromatic N) is 1. The van der Waals surface area contributed by atoms with Crippen molar-refractivity contribution in [3.8, 4) is 11.5 Å². The van der Waals surface area contributed by atoms with E-state index in [1.165, 1.54) is 32.1 Å². The molecule has 1 heterocycles. The standard InChI is InChI=1S/C20H30N2O3/c1-24-18-8-7-15(11-19(18)25-2)12-21-20(23)14-22-10-9-16-5-3-4-6-17(16)13-22/h7-8,11,16-17H,3-6,9-10,12-14H2,1-2H3,(H,21,23)/t16-,17+/m1/s1. The minimum atomic E-state index is 0.101. The summed E-state index contributed by atoms with van der Waals surface area (Å²) in [7, 11) is 3.24. The molecule has 1 amide bonds. The number of nitrogens with one attached hydrogen (secondary N) is 1. The van der Waals surface area contributed by atoms with E-state index in [1.807, 2.05) is 18.2 Å². The number of benzene rings is 1. The molecule has 2 fully saturated rings. The lowest BCUT2D eigenvalue weighted by molar-refractivity contribution is -0.123. The second kappa shape index (κ2) is 8.56. The molecule has 1 N–H and O–H groups in total. The van der Waals surface area contributed by atoms with Crippen LogP contribution < -0.4 is 14.8 Å². The zero-order valence-corrected chi connectivity index (χ0v) is 15.4. The molecule has 138 valence electrons. The molecular formula is C20H30N2O3. The van der Waals surface area contributed by atoms with Gasteiger partial charge in [-0.1, -0.05) is 25.3 Å². The van der Waals surface area contributed by atoms with Crippen LogP contribution in [0.1, 0.15) is 37.7 Å². The lowest BCUT2D eigenvalue weighted by Crippen LogP contribution is -2.46. The number of methoxy groups -OCH3 is 2. The molecule has 0 spiro atoms. The quantitative estimate of drug-likeness (QED) is 0.860. The van der Waals surface area contributed by atoms with E-state index in [4.69, 9.17) is 9.47 Å². The number of hydrogen-bond acceptors (Lipinski definition) is 4. The predicted molar refractivity (Wildman–Crippen MR) is 97.9 cm³/mol. The smallest absolute Gasteiger partial charge is 0.234 e. The van der Waals surface area contributed by atoms with Crippen molar-refractivity contribution in [2.45, 2.75) is 38.6 Å². The molecule has 3 rings (SSSR count). The van der Waals surface area contributed by atoms with E-state index in [2.05, 4.69) is 10.2 Å². The van der Waals surface area contributed by atoms with Gasteiger partial charge in [-0.2, -0.15) is 0 Å². The number of piperidine rings is 1. The second-order valence-electron chi connectivity index (χ2n) is 7.29. The van der Waals surface area contributed by atoms with E-state index in [1.54, 1.807) is 14.2 Å². The second-order valence-corrected chi connectivity index (χ2v) is 7.29. The van der Waals surface area contributed by atoms with E-state index in [0.717, 1.165) is 30.5 Å². The lowest BCUT2D eigenvalue weighted by atomic mass is 9.75. The van der Waals surface area contributed by atoms with Gasteiger partial charge in [-0.25, -0.2) is 0 Å². The van der Waals surface area contributed by atoms with Crippen LogP contribution in [-0.4, -0.2) is 44.7 Å². The highest BCUT2D eigenvalue weighted by molar-refractivity contribution is 5.78. The van der Waals surface area contributed by atoms with E-state index in [9.17, 15) is 4.79 Å². The van der Waals surface area contributed by atoms with E-state index in [-0.39, 0.29) is 5.91 Å². The normalized spacial score (nSPS) is 23.6. The van der Waals surface area contributed by atoms with E-state index >= 15 is 0 Å². The Bertz CT molecular complexity index is 590. The van der Waals surface area contributed by atoms with Gasteiger partial charge in [0.1, 0.15) is 0 Å². The number of carbonyl (C=O) groups is 1. The summed E-state index contributed by atoms with van der Waals surface area (Å²) < 4.78 is 10.6. The summed E-state index contributed by atoms with van der Waals surface area (Å²) in [6.45, 7) is 3.18. The van der Waals surface area contributed by atoms with Crippen molar-refractivity contribution in [2.24, 2.45) is 11.8 Å². The predicted octanol–water partition coefficient (Wildman–Crippen LogP) is 2.83. The zero-order valence-electron chi connectivity index (χ0n) is 15.4. The SMILES string of the molecule is COc1ccc(CNC(=O)CN2CC[C@H]3CCCC[C@H]3C2)cc1OC. The Morgan fingerprint density at radius 1 is 1.12 bits per heavy atom. The fraction of sp³-hybridized carbons (Fsp3) is 0.650. The Balaban J connectivity index is 1.46. The van der Waals surface area contributed by atoms with Crippen LogP contribution in [0.15, 0.2) is 18.2 Å². The van der Waals surface area contributed by atoms with Crippen molar-refractivity contribution in [3.63, 3.8) is 0 Å². The third-order valence-corrected chi connectivity index (χ3v) is 5.68. The topological polar surface area (TPSA) is 50.8 Å². The van der Waals surface area contributed by atoms with Crippen molar-refractivity contribution >= 4 is 5.91 Å². The van der Waals surface area contributed by atoms with Gasteiger partial charge in [0, 0.05) is 13.1 Å². The van der Waals surface area contributed by atoms with Gasteiger partial charge in [-0.3, -0.25) is 9.69 Å². The summed E-state index contributed by atoms with van der Waals surface area (Å²) in [5.74, 6) is 3.20. The van der Waals surface area contributed by atoms with Gasteiger partial charge < -0.3 is 14.8 Å². The third kappa shape index (κ3) is 4.66. The number of carbonyl (C=O) groups excluding carboxylic acids is 1. The van der Waals surface area contributed by atoms with Gasteiger partial charge in [-0.05, 0) is 48.9 Å². The number of amides is 1. The molecule has 2 atom stereocenters. The molecule has 1 aromatic rings. The van der Waals surface area contributed by atoms with Crippen LogP contribution in [0.2, 0.25) is 0 Å². The number of fused-ring (bicyclic) bond motifs is 1. The molecule has 1 saturated heterocycles. The largest absolute Gasteiger partial charge is 0.493 e. The number of likely N-dealkylation sites (tertiary alicyclic amines) is 1. The van der Waals surface area contributed by atoms with Gasteiger partial charge in [0.2, 0.25) is 5.91 Å². The molecular weight excluding hydrogens is 316 g/mol. The van der Waals surface area contributed by atoms with Crippen molar-refractivity contribution in [1.82, 2.24) is 10.2 Å². The number of hydrogen-bond donors (Lipinski definition) is 1. The highest BCUT2D eigenvalue weighted by Gasteiger charge is 2.31.